The topological polar surface area (TPSA) is 165 Å². The van der Waals surface area contributed by atoms with Crippen molar-refractivity contribution in [2.24, 2.45) is 11.3 Å². The fraction of sp³-hybridized carbons (Fsp3) is 0.542. The van der Waals surface area contributed by atoms with Crippen LogP contribution in [-0.4, -0.2) is 52.7 Å². The number of nitrogens with one attached hydrogen (secondary N) is 2. The fourth-order valence-corrected chi connectivity index (χ4v) is 5.34. The summed E-state index contributed by atoms with van der Waals surface area (Å²) >= 11 is 0. The number of para-hydroxylation sites is 1. The highest BCUT2D eigenvalue weighted by Gasteiger charge is 2.55. The second-order valence-electron chi connectivity index (χ2n) is 9.54. The van der Waals surface area contributed by atoms with Crippen LogP contribution in [0.5, 0.6) is 5.75 Å². The van der Waals surface area contributed by atoms with Gasteiger partial charge in [0, 0.05) is 24.9 Å². The lowest BCUT2D eigenvalue weighted by molar-refractivity contribution is -0.0475. The Labute approximate surface area is 214 Å². The van der Waals surface area contributed by atoms with E-state index < -0.39 is 55.5 Å². The number of H-pyrrole nitrogens is 1. The first-order valence-electron chi connectivity index (χ1n) is 11.9. The summed E-state index contributed by atoms with van der Waals surface area (Å²) < 4.78 is 37.6. The van der Waals surface area contributed by atoms with Crippen LogP contribution in [0.25, 0.3) is 0 Å². The van der Waals surface area contributed by atoms with Crippen molar-refractivity contribution in [2.45, 2.75) is 52.2 Å². The monoisotopic (exact) mass is 536 g/mol. The Balaban J connectivity index is 1.78. The van der Waals surface area contributed by atoms with E-state index in [1.54, 1.807) is 37.3 Å². The van der Waals surface area contributed by atoms with Crippen molar-refractivity contribution in [3.05, 3.63) is 63.4 Å². The van der Waals surface area contributed by atoms with Crippen LogP contribution in [0.15, 0.2) is 52.2 Å². The van der Waals surface area contributed by atoms with Gasteiger partial charge >= 0.3 is 13.4 Å². The third kappa shape index (κ3) is 7.17. The molecule has 0 amide bonds. The van der Waals surface area contributed by atoms with Gasteiger partial charge in [0.25, 0.3) is 5.56 Å². The molecule has 13 heteroatoms. The summed E-state index contributed by atoms with van der Waals surface area (Å²) in [4.78, 5) is 25.9. The molecule has 0 saturated carbocycles. The highest BCUT2D eigenvalue weighted by atomic mass is 31.2. The van der Waals surface area contributed by atoms with Gasteiger partial charge in [-0.3, -0.25) is 18.9 Å². The van der Waals surface area contributed by atoms with Crippen LogP contribution < -0.4 is 20.9 Å². The molecule has 1 aliphatic rings. The third-order valence-electron chi connectivity index (χ3n) is 5.70. The van der Waals surface area contributed by atoms with Gasteiger partial charge in [-0.2, -0.15) is 5.26 Å². The number of aliphatic hydroxyl groups excluding tert-OH is 1. The number of ether oxygens (including phenoxy) is 2. The fourth-order valence-electron chi connectivity index (χ4n) is 3.80. The molecule has 3 rings (SSSR count). The minimum Gasteiger partial charge on any atom is -0.413 e. The lowest BCUT2D eigenvalue weighted by atomic mass is 9.84. The number of nitriles is 1. The second-order valence-corrected chi connectivity index (χ2v) is 11.2. The van der Waals surface area contributed by atoms with E-state index in [1.807, 2.05) is 19.9 Å². The zero-order valence-electron chi connectivity index (χ0n) is 21.2. The highest BCUT2D eigenvalue weighted by molar-refractivity contribution is 7.52. The molecule has 1 fully saturated rings. The number of aromatic nitrogens is 2. The van der Waals surface area contributed by atoms with Crippen molar-refractivity contribution >= 4 is 7.75 Å². The van der Waals surface area contributed by atoms with E-state index >= 15 is 0 Å². The Morgan fingerprint density at radius 1 is 1.24 bits per heavy atom. The van der Waals surface area contributed by atoms with E-state index in [4.69, 9.17) is 18.5 Å². The maximum atomic E-state index is 13.7. The summed E-state index contributed by atoms with van der Waals surface area (Å²) in [7, 11) is -4.02. The number of rotatable bonds is 12. The molecule has 3 N–H and O–H groups in total. The van der Waals surface area contributed by atoms with Gasteiger partial charge in [-0.25, -0.2) is 14.4 Å². The Kier molecular flexibility index (Phi) is 9.47. The Bertz CT molecular complexity index is 1240. The smallest absolute Gasteiger partial charge is 0.413 e. The van der Waals surface area contributed by atoms with Crippen molar-refractivity contribution in [1.82, 2.24) is 14.6 Å². The van der Waals surface area contributed by atoms with E-state index in [1.165, 1.54) is 13.1 Å². The first-order valence-corrected chi connectivity index (χ1v) is 13.4. The van der Waals surface area contributed by atoms with Gasteiger partial charge in [0.1, 0.15) is 23.4 Å². The standard InChI is InChI=1S/C24H33N4O8P/c1-16(2)12-33-13-17(3)27-37(32,36-18-8-6-5-7-9-18)34-14-19-21(30)24(4,15-25)22(35-19)28-11-10-20(29)26-23(28)31/h5-11,16-17,19,21-22,30H,12-14H2,1-4H3,(H,27,32)(H,26,29,31). The quantitative estimate of drug-likeness (QED) is 0.342. The molecule has 0 spiro atoms. The molecular formula is C24H33N4O8P. The maximum Gasteiger partial charge on any atom is 0.459 e. The number of aliphatic hydroxyl groups is 1. The highest BCUT2D eigenvalue weighted by Crippen LogP contribution is 2.48. The zero-order chi connectivity index (χ0) is 27.2. The average molecular weight is 537 g/mol. The van der Waals surface area contributed by atoms with Gasteiger partial charge in [0.05, 0.1) is 19.3 Å². The van der Waals surface area contributed by atoms with E-state index in [0.717, 1.165) is 10.6 Å². The van der Waals surface area contributed by atoms with Crippen LogP contribution in [0, 0.1) is 22.7 Å². The third-order valence-corrected chi connectivity index (χ3v) is 7.40. The molecule has 6 unspecified atom stereocenters. The normalized spacial score (nSPS) is 25.9. The molecule has 6 atom stereocenters. The predicted molar refractivity (Wildman–Crippen MR) is 134 cm³/mol. The summed E-state index contributed by atoms with van der Waals surface area (Å²) in [5.41, 5.74) is -3.00. The molecule has 0 bridgehead atoms. The van der Waals surface area contributed by atoms with Gasteiger partial charge in [0.2, 0.25) is 0 Å². The number of hydrogen-bond acceptors (Lipinski definition) is 9. The molecule has 2 heterocycles. The summed E-state index contributed by atoms with van der Waals surface area (Å²) in [5.74, 6) is 0.621. The van der Waals surface area contributed by atoms with Crippen LogP contribution in [0.1, 0.15) is 33.9 Å². The second kappa shape index (κ2) is 12.2. The molecule has 1 aliphatic heterocycles. The first kappa shape index (κ1) is 28.8. The van der Waals surface area contributed by atoms with E-state index in [2.05, 4.69) is 10.1 Å². The maximum absolute atomic E-state index is 13.7. The van der Waals surface area contributed by atoms with Crippen LogP contribution in [0.2, 0.25) is 0 Å². The lowest BCUT2D eigenvalue weighted by Gasteiger charge is -2.26. The summed E-state index contributed by atoms with van der Waals surface area (Å²) in [6.45, 7) is 7.56. The van der Waals surface area contributed by atoms with Gasteiger partial charge in [0.15, 0.2) is 6.23 Å². The molecule has 37 heavy (non-hydrogen) atoms. The first-order chi connectivity index (χ1) is 17.5. The van der Waals surface area contributed by atoms with Gasteiger partial charge in [-0.1, -0.05) is 32.0 Å². The Morgan fingerprint density at radius 3 is 2.57 bits per heavy atom. The van der Waals surface area contributed by atoms with E-state index in [9.17, 15) is 24.5 Å². The number of hydrogen-bond donors (Lipinski definition) is 3. The van der Waals surface area contributed by atoms with Crippen molar-refractivity contribution in [3.63, 3.8) is 0 Å². The number of aromatic amines is 1. The average Bonchev–Trinajstić information content (AvgIpc) is 3.08. The van der Waals surface area contributed by atoms with Crippen LogP contribution in [-0.2, 0) is 18.6 Å². The predicted octanol–water partition coefficient (Wildman–Crippen LogP) is 2.18. The zero-order valence-corrected chi connectivity index (χ0v) is 22.1. The molecule has 1 aromatic heterocycles. The van der Waals surface area contributed by atoms with Gasteiger partial charge in [-0.05, 0) is 31.9 Å². The van der Waals surface area contributed by atoms with E-state index in [0.29, 0.717) is 18.3 Å². The number of nitrogens with zero attached hydrogens (tertiary/aromatic N) is 2. The van der Waals surface area contributed by atoms with Gasteiger partial charge < -0.3 is 19.1 Å². The molecule has 12 nitrogen and oxygen atoms in total. The molecular weight excluding hydrogens is 503 g/mol. The minimum absolute atomic E-state index is 0.246. The molecule has 1 saturated heterocycles. The van der Waals surface area contributed by atoms with Crippen LogP contribution in [0.4, 0.5) is 0 Å². The summed E-state index contributed by atoms with van der Waals surface area (Å²) in [6, 6.07) is 11.1. The van der Waals surface area contributed by atoms with Crippen molar-refractivity contribution < 1.29 is 28.2 Å². The Morgan fingerprint density at radius 2 is 1.95 bits per heavy atom. The van der Waals surface area contributed by atoms with Crippen LogP contribution in [0.3, 0.4) is 0 Å². The molecule has 0 aliphatic carbocycles. The summed E-state index contributed by atoms with van der Waals surface area (Å²) in [6.07, 6.45) is -2.62. The largest absolute Gasteiger partial charge is 0.459 e. The minimum atomic E-state index is -4.02. The lowest BCUT2D eigenvalue weighted by Crippen LogP contribution is -2.41. The molecule has 1 aromatic carbocycles. The van der Waals surface area contributed by atoms with Crippen molar-refractivity contribution in [3.8, 4) is 11.8 Å². The van der Waals surface area contributed by atoms with Crippen LogP contribution >= 0.6 is 7.75 Å². The van der Waals surface area contributed by atoms with E-state index in [-0.39, 0.29) is 6.61 Å². The molecule has 202 valence electrons. The van der Waals surface area contributed by atoms with Crippen molar-refractivity contribution in [2.75, 3.05) is 19.8 Å². The molecule has 2 aromatic rings. The number of benzene rings is 1. The van der Waals surface area contributed by atoms with Gasteiger partial charge in [-0.15, -0.1) is 0 Å². The Hall–Kier alpha value is -2.78. The van der Waals surface area contributed by atoms with Crippen molar-refractivity contribution in [1.29, 1.82) is 5.26 Å². The summed E-state index contributed by atoms with van der Waals surface area (Å²) in [5, 5.41) is 23.6. The SMILES string of the molecule is CC(C)COCC(C)NP(=O)(OCC1OC(n2ccc(=O)[nH]c2=O)C(C)(C#N)C1O)Oc1ccccc1. The molecule has 0 radical (unpaired) electrons.